The molecule has 1 aliphatic heterocycles. The van der Waals surface area contributed by atoms with Gasteiger partial charge in [-0.2, -0.15) is 0 Å². The maximum Gasteiger partial charge on any atom is 0.227 e. The van der Waals surface area contributed by atoms with Crippen molar-refractivity contribution < 1.29 is 9.53 Å². The predicted octanol–water partition coefficient (Wildman–Crippen LogP) is 1.63. The number of hydrogen-bond donors (Lipinski definition) is 2. The Bertz CT molecular complexity index is 501. The van der Waals surface area contributed by atoms with Gasteiger partial charge in [-0.25, -0.2) is 0 Å². The van der Waals surface area contributed by atoms with Crippen LogP contribution in [0.1, 0.15) is 29.9 Å². The highest BCUT2D eigenvalue weighted by molar-refractivity contribution is 5.86. The Morgan fingerprint density at radius 3 is 2.95 bits per heavy atom. The minimum absolute atomic E-state index is 0. The Balaban J connectivity index is 0.00000161. The molecule has 0 aromatic heterocycles. The molecule has 116 valence electrons. The first-order valence-electron chi connectivity index (χ1n) is 7.34. The summed E-state index contributed by atoms with van der Waals surface area (Å²) < 4.78 is 5.30. The Morgan fingerprint density at radius 1 is 1.48 bits per heavy atom. The Hall–Kier alpha value is -1.10. The van der Waals surface area contributed by atoms with E-state index in [0.717, 1.165) is 25.8 Å². The van der Waals surface area contributed by atoms with E-state index in [1.54, 1.807) is 7.11 Å². The third kappa shape index (κ3) is 3.23. The maximum atomic E-state index is 12.3. The van der Waals surface area contributed by atoms with Crippen LogP contribution in [0.5, 0.6) is 0 Å². The monoisotopic (exact) mass is 310 g/mol. The lowest BCUT2D eigenvalue weighted by Gasteiger charge is -2.32. The second-order valence-electron chi connectivity index (χ2n) is 5.92. The van der Waals surface area contributed by atoms with Crippen molar-refractivity contribution in [2.24, 2.45) is 0 Å². The zero-order valence-corrected chi connectivity index (χ0v) is 13.2. The number of fused-ring (bicyclic) bond motifs is 1. The highest BCUT2D eigenvalue weighted by Gasteiger charge is 2.36. The molecule has 0 saturated carbocycles. The fourth-order valence-electron chi connectivity index (χ4n) is 3.34. The standard InChI is InChI=1S/C16H22N2O2.ClH/c1-20-11-16(7-4-8-18-16)10-17-15(19)14-9-12-5-2-3-6-13(12)14;/h2-3,5-6,14,18H,4,7-11H2,1H3,(H,17,19);1H. The molecule has 3 rings (SSSR count). The molecule has 2 atom stereocenters. The van der Waals surface area contributed by atoms with Crippen LogP contribution in [-0.4, -0.2) is 38.3 Å². The molecule has 5 heteroatoms. The second kappa shape index (κ2) is 6.77. The van der Waals surface area contributed by atoms with Crippen LogP contribution in [0.15, 0.2) is 24.3 Å². The summed E-state index contributed by atoms with van der Waals surface area (Å²) in [6.45, 7) is 2.30. The summed E-state index contributed by atoms with van der Waals surface area (Å²) in [5.41, 5.74) is 2.41. The number of halogens is 1. The minimum Gasteiger partial charge on any atom is -0.383 e. The van der Waals surface area contributed by atoms with Crippen molar-refractivity contribution in [3.8, 4) is 0 Å². The molecule has 2 N–H and O–H groups in total. The summed E-state index contributed by atoms with van der Waals surface area (Å²) in [5, 5.41) is 6.59. The van der Waals surface area contributed by atoms with Gasteiger partial charge in [-0.1, -0.05) is 24.3 Å². The minimum atomic E-state index is -0.0757. The van der Waals surface area contributed by atoms with E-state index < -0.39 is 0 Å². The molecule has 2 unspecified atom stereocenters. The number of benzene rings is 1. The van der Waals surface area contributed by atoms with Crippen LogP contribution in [-0.2, 0) is 16.0 Å². The third-order valence-corrected chi connectivity index (χ3v) is 4.52. The summed E-state index contributed by atoms with van der Waals surface area (Å²) in [7, 11) is 1.71. The fraction of sp³-hybridized carbons (Fsp3) is 0.562. The molecule has 0 spiro atoms. The van der Waals surface area contributed by atoms with Gasteiger partial charge in [0, 0.05) is 13.7 Å². The average molecular weight is 311 g/mol. The van der Waals surface area contributed by atoms with E-state index in [4.69, 9.17) is 4.74 Å². The van der Waals surface area contributed by atoms with E-state index in [0.29, 0.717) is 13.2 Å². The Labute approximate surface area is 132 Å². The lowest BCUT2D eigenvalue weighted by Crippen LogP contribution is -2.54. The Morgan fingerprint density at radius 2 is 2.29 bits per heavy atom. The van der Waals surface area contributed by atoms with E-state index in [-0.39, 0.29) is 29.8 Å². The maximum absolute atomic E-state index is 12.3. The van der Waals surface area contributed by atoms with E-state index in [1.165, 1.54) is 11.1 Å². The van der Waals surface area contributed by atoms with E-state index in [1.807, 2.05) is 12.1 Å². The largest absolute Gasteiger partial charge is 0.383 e. The van der Waals surface area contributed by atoms with Crippen LogP contribution in [0.2, 0.25) is 0 Å². The van der Waals surface area contributed by atoms with E-state index >= 15 is 0 Å². The Kier molecular flexibility index (Phi) is 5.25. The van der Waals surface area contributed by atoms with Gasteiger partial charge in [0.1, 0.15) is 0 Å². The second-order valence-corrected chi connectivity index (χ2v) is 5.92. The van der Waals surface area contributed by atoms with Gasteiger partial charge in [0.2, 0.25) is 5.91 Å². The van der Waals surface area contributed by atoms with Crippen LogP contribution in [0.4, 0.5) is 0 Å². The van der Waals surface area contributed by atoms with Crippen LogP contribution < -0.4 is 10.6 Å². The lowest BCUT2D eigenvalue weighted by molar-refractivity contribution is -0.123. The summed E-state index contributed by atoms with van der Waals surface area (Å²) in [4.78, 5) is 12.3. The highest BCUT2D eigenvalue weighted by Crippen LogP contribution is 2.34. The highest BCUT2D eigenvalue weighted by atomic mass is 35.5. The van der Waals surface area contributed by atoms with Gasteiger partial charge in [0.25, 0.3) is 0 Å². The molecule has 2 aliphatic rings. The number of amides is 1. The third-order valence-electron chi connectivity index (χ3n) is 4.52. The van der Waals surface area contributed by atoms with E-state index in [9.17, 15) is 4.79 Å². The average Bonchev–Trinajstić information content (AvgIpc) is 2.87. The fourth-order valence-corrected chi connectivity index (χ4v) is 3.34. The molecule has 1 amide bonds. The number of carbonyl (C=O) groups is 1. The molecule has 1 aromatic rings. The first-order valence-corrected chi connectivity index (χ1v) is 7.34. The van der Waals surface area contributed by atoms with Gasteiger partial charge in [0.15, 0.2) is 0 Å². The molecule has 1 aliphatic carbocycles. The van der Waals surface area contributed by atoms with Crippen molar-refractivity contribution >= 4 is 18.3 Å². The van der Waals surface area contributed by atoms with Crippen molar-refractivity contribution in [2.75, 3.05) is 26.8 Å². The van der Waals surface area contributed by atoms with Gasteiger partial charge in [-0.15, -0.1) is 12.4 Å². The van der Waals surface area contributed by atoms with Crippen molar-refractivity contribution in [2.45, 2.75) is 30.7 Å². The van der Waals surface area contributed by atoms with Gasteiger partial charge < -0.3 is 15.4 Å². The first-order chi connectivity index (χ1) is 9.74. The first kappa shape index (κ1) is 16.3. The molecule has 4 nitrogen and oxygen atoms in total. The summed E-state index contributed by atoms with van der Waals surface area (Å²) in [5.74, 6) is 0.181. The molecule has 0 bridgehead atoms. The molecule has 1 fully saturated rings. The zero-order chi connectivity index (χ0) is 14.0. The number of nitrogens with one attached hydrogen (secondary N) is 2. The number of carbonyl (C=O) groups excluding carboxylic acids is 1. The summed E-state index contributed by atoms with van der Waals surface area (Å²) >= 11 is 0. The SMILES string of the molecule is COCC1(CNC(=O)C2Cc3ccccc32)CCCN1.Cl. The zero-order valence-electron chi connectivity index (χ0n) is 12.4. The van der Waals surface area contributed by atoms with Crippen molar-refractivity contribution in [3.05, 3.63) is 35.4 Å². The summed E-state index contributed by atoms with van der Waals surface area (Å²) in [6.07, 6.45) is 3.07. The molecule has 0 radical (unpaired) electrons. The number of hydrogen-bond acceptors (Lipinski definition) is 3. The van der Waals surface area contributed by atoms with Crippen LogP contribution in [0.25, 0.3) is 0 Å². The van der Waals surface area contributed by atoms with Crippen LogP contribution in [0, 0.1) is 0 Å². The van der Waals surface area contributed by atoms with Gasteiger partial charge in [0.05, 0.1) is 18.1 Å². The normalized spacial score (nSPS) is 26.4. The number of rotatable bonds is 5. The lowest BCUT2D eigenvalue weighted by atomic mass is 9.77. The number of methoxy groups -OCH3 is 1. The van der Waals surface area contributed by atoms with Crippen molar-refractivity contribution in [3.63, 3.8) is 0 Å². The van der Waals surface area contributed by atoms with Crippen molar-refractivity contribution in [1.82, 2.24) is 10.6 Å². The van der Waals surface area contributed by atoms with Crippen molar-refractivity contribution in [1.29, 1.82) is 0 Å². The topological polar surface area (TPSA) is 50.4 Å². The van der Waals surface area contributed by atoms with Gasteiger partial charge >= 0.3 is 0 Å². The van der Waals surface area contributed by atoms with E-state index in [2.05, 4.69) is 22.8 Å². The van der Waals surface area contributed by atoms with Crippen LogP contribution >= 0.6 is 12.4 Å². The molecule has 21 heavy (non-hydrogen) atoms. The predicted molar refractivity (Wildman–Crippen MR) is 85.0 cm³/mol. The van der Waals surface area contributed by atoms with Gasteiger partial charge in [-0.05, 0) is 36.9 Å². The van der Waals surface area contributed by atoms with Gasteiger partial charge in [-0.3, -0.25) is 4.79 Å². The molecular weight excluding hydrogens is 288 g/mol. The smallest absolute Gasteiger partial charge is 0.227 e. The summed E-state index contributed by atoms with van der Waals surface area (Å²) in [6, 6.07) is 8.19. The number of ether oxygens (including phenoxy) is 1. The molecule has 1 heterocycles. The molecule has 1 aromatic carbocycles. The molecular formula is C16H23ClN2O2. The van der Waals surface area contributed by atoms with Crippen LogP contribution in [0.3, 0.4) is 0 Å². The quantitative estimate of drug-likeness (QED) is 0.869. The molecule has 1 saturated heterocycles.